The van der Waals surface area contributed by atoms with E-state index in [2.05, 4.69) is 15.9 Å². The highest BCUT2D eigenvalue weighted by molar-refractivity contribution is 9.10. The lowest BCUT2D eigenvalue weighted by Gasteiger charge is -1.97. The summed E-state index contributed by atoms with van der Waals surface area (Å²) in [4.78, 5) is 20.3. The van der Waals surface area contributed by atoms with Crippen molar-refractivity contribution in [3.05, 3.63) is 64.1 Å². The van der Waals surface area contributed by atoms with Gasteiger partial charge in [-0.05, 0) is 24.3 Å². The Bertz CT molecular complexity index is 535. The lowest BCUT2D eigenvalue weighted by Crippen LogP contribution is -1.84. The largest absolute Gasteiger partial charge is 0.497 e. The zero-order chi connectivity index (χ0) is 14.1. The molecule has 0 heterocycles. The molecule has 0 aromatic heterocycles. The highest BCUT2D eigenvalue weighted by atomic mass is 79.9. The fourth-order valence-corrected chi connectivity index (χ4v) is 1.52. The van der Waals surface area contributed by atoms with Crippen LogP contribution in [0.4, 0.5) is 0 Å². The van der Waals surface area contributed by atoms with Crippen LogP contribution in [0, 0.1) is 0 Å². The third-order valence-electron chi connectivity index (χ3n) is 2.24. The minimum atomic E-state index is 0.638. The first-order valence-electron chi connectivity index (χ1n) is 5.49. The van der Waals surface area contributed by atoms with Gasteiger partial charge in [-0.25, -0.2) is 0 Å². The lowest BCUT2D eigenvalue weighted by atomic mass is 10.2. The summed E-state index contributed by atoms with van der Waals surface area (Å²) < 4.78 is 5.89. The number of aldehydes is 2. The summed E-state index contributed by atoms with van der Waals surface area (Å²) in [6.45, 7) is 0. The van der Waals surface area contributed by atoms with Gasteiger partial charge in [0.15, 0.2) is 0 Å². The molecule has 0 amide bonds. The van der Waals surface area contributed by atoms with Crippen molar-refractivity contribution in [2.45, 2.75) is 0 Å². The van der Waals surface area contributed by atoms with Crippen LogP contribution in [0.2, 0.25) is 0 Å². The standard InChI is InChI=1S/C8H8O2.C7H5BrO/c1-10-8-4-2-3-7(5-8)6-9;8-7-3-1-6(5-9)2-4-7/h2-6H,1H3;1-5H. The van der Waals surface area contributed by atoms with Gasteiger partial charge in [0.05, 0.1) is 7.11 Å². The van der Waals surface area contributed by atoms with Gasteiger partial charge in [-0.1, -0.05) is 40.2 Å². The second-order valence-electron chi connectivity index (χ2n) is 3.56. The molecule has 0 radical (unpaired) electrons. The number of hydrogen-bond donors (Lipinski definition) is 0. The monoisotopic (exact) mass is 320 g/mol. The van der Waals surface area contributed by atoms with Crippen molar-refractivity contribution >= 4 is 28.5 Å². The summed E-state index contributed by atoms with van der Waals surface area (Å²) in [5.74, 6) is 0.713. The molecule has 0 aliphatic rings. The first-order chi connectivity index (χ1) is 9.19. The maximum Gasteiger partial charge on any atom is 0.150 e. The summed E-state index contributed by atoms with van der Waals surface area (Å²) in [6.07, 6.45) is 1.62. The van der Waals surface area contributed by atoms with Gasteiger partial charge in [0, 0.05) is 15.6 Å². The van der Waals surface area contributed by atoms with Crippen molar-refractivity contribution in [3.63, 3.8) is 0 Å². The van der Waals surface area contributed by atoms with Crippen LogP contribution >= 0.6 is 15.9 Å². The van der Waals surface area contributed by atoms with Crippen LogP contribution in [-0.2, 0) is 0 Å². The number of hydrogen-bond acceptors (Lipinski definition) is 3. The van der Waals surface area contributed by atoms with E-state index in [0.717, 1.165) is 17.0 Å². The molecule has 98 valence electrons. The van der Waals surface area contributed by atoms with E-state index in [4.69, 9.17) is 4.74 Å². The van der Waals surface area contributed by atoms with Crippen molar-refractivity contribution in [2.24, 2.45) is 0 Å². The van der Waals surface area contributed by atoms with E-state index >= 15 is 0 Å². The van der Waals surface area contributed by atoms with E-state index in [1.165, 1.54) is 0 Å². The van der Waals surface area contributed by atoms with Gasteiger partial charge in [-0.2, -0.15) is 0 Å². The maximum atomic E-state index is 10.2. The van der Waals surface area contributed by atoms with Crippen LogP contribution in [0.1, 0.15) is 20.7 Å². The van der Waals surface area contributed by atoms with Gasteiger partial charge < -0.3 is 4.74 Å². The second-order valence-corrected chi connectivity index (χ2v) is 4.48. The van der Waals surface area contributed by atoms with E-state index in [0.29, 0.717) is 16.9 Å². The molecule has 0 bridgehead atoms. The highest BCUT2D eigenvalue weighted by Gasteiger charge is 1.91. The second kappa shape index (κ2) is 8.21. The molecule has 0 unspecified atom stereocenters. The quantitative estimate of drug-likeness (QED) is 0.808. The molecule has 0 N–H and O–H groups in total. The van der Waals surface area contributed by atoms with Crippen LogP contribution in [0.5, 0.6) is 5.75 Å². The zero-order valence-electron chi connectivity index (χ0n) is 10.4. The van der Waals surface area contributed by atoms with Crippen molar-refractivity contribution in [2.75, 3.05) is 7.11 Å². The topological polar surface area (TPSA) is 43.4 Å². The highest BCUT2D eigenvalue weighted by Crippen LogP contribution is 2.10. The third kappa shape index (κ3) is 5.48. The van der Waals surface area contributed by atoms with Gasteiger partial charge in [-0.3, -0.25) is 9.59 Å². The fraction of sp³-hybridized carbons (Fsp3) is 0.0667. The predicted octanol–water partition coefficient (Wildman–Crippen LogP) is 3.77. The van der Waals surface area contributed by atoms with Crippen LogP contribution < -0.4 is 4.74 Å². The summed E-state index contributed by atoms with van der Waals surface area (Å²) in [5.41, 5.74) is 1.34. The van der Waals surface area contributed by atoms with Gasteiger partial charge in [0.25, 0.3) is 0 Å². The molecule has 2 aromatic rings. The molecule has 0 atom stereocenters. The summed E-state index contributed by atoms with van der Waals surface area (Å²) >= 11 is 3.26. The molecule has 0 aliphatic heterocycles. The smallest absolute Gasteiger partial charge is 0.150 e. The minimum Gasteiger partial charge on any atom is -0.497 e. The predicted molar refractivity (Wildman–Crippen MR) is 77.9 cm³/mol. The number of methoxy groups -OCH3 is 1. The summed E-state index contributed by atoms with van der Waals surface area (Å²) in [5, 5.41) is 0. The van der Waals surface area contributed by atoms with Gasteiger partial charge >= 0.3 is 0 Å². The van der Waals surface area contributed by atoms with Crippen molar-refractivity contribution in [3.8, 4) is 5.75 Å². The Balaban J connectivity index is 0.000000191. The number of benzene rings is 2. The van der Waals surface area contributed by atoms with Crippen molar-refractivity contribution in [1.29, 1.82) is 0 Å². The van der Waals surface area contributed by atoms with Crippen LogP contribution in [0.15, 0.2) is 53.0 Å². The summed E-state index contributed by atoms with van der Waals surface area (Å²) in [6, 6.07) is 14.2. The van der Waals surface area contributed by atoms with Crippen LogP contribution in [0.25, 0.3) is 0 Å². The molecule has 0 saturated heterocycles. The van der Waals surface area contributed by atoms with E-state index in [1.807, 2.05) is 12.1 Å². The average Bonchev–Trinajstić information content (AvgIpc) is 2.48. The molecule has 0 aliphatic carbocycles. The third-order valence-corrected chi connectivity index (χ3v) is 2.76. The Labute approximate surface area is 120 Å². The molecular formula is C15H13BrO3. The lowest BCUT2D eigenvalue weighted by molar-refractivity contribution is 0.111. The molecule has 19 heavy (non-hydrogen) atoms. The first-order valence-corrected chi connectivity index (χ1v) is 6.29. The SMILES string of the molecule is COc1cccc(C=O)c1.O=Cc1ccc(Br)cc1. The molecule has 4 heteroatoms. The van der Waals surface area contributed by atoms with Gasteiger partial charge in [0.1, 0.15) is 18.3 Å². The average molecular weight is 321 g/mol. The molecule has 2 aromatic carbocycles. The molecule has 0 saturated carbocycles. The molecular weight excluding hydrogens is 308 g/mol. The minimum absolute atomic E-state index is 0.638. The summed E-state index contributed by atoms with van der Waals surface area (Å²) in [7, 11) is 1.57. The maximum absolute atomic E-state index is 10.2. The molecule has 0 fully saturated rings. The van der Waals surface area contributed by atoms with E-state index in [-0.39, 0.29) is 0 Å². The van der Waals surface area contributed by atoms with Crippen molar-refractivity contribution < 1.29 is 14.3 Å². The Morgan fingerprint density at radius 3 is 2.11 bits per heavy atom. The zero-order valence-corrected chi connectivity index (χ0v) is 12.0. The Morgan fingerprint density at radius 2 is 1.58 bits per heavy atom. The van der Waals surface area contributed by atoms with Crippen LogP contribution in [-0.4, -0.2) is 19.7 Å². The number of ether oxygens (including phenoxy) is 1. The number of carbonyl (C=O) groups is 2. The van der Waals surface area contributed by atoms with Crippen molar-refractivity contribution in [1.82, 2.24) is 0 Å². The fourth-order valence-electron chi connectivity index (χ4n) is 1.26. The van der Waals surface area contributed by atoms with E-state index in [9.17, 15) is 9.59 Å². The van der Waals surface area contributed by atoms with Gasteiger partial charge in [0.2, 0.25) is 0 Å². The normalized spacial score (nSPS) is 8.95. The van der Waals surface area contributed by atoms with Crippen LogP contribution in [0.3, 0.4) is 0 Å². The first kappa shape index (κ1) is 15.1. The van der Waals surface area contributed by atoms with E-state index in [1.54, 1.807) is 43.5 Å². The number of carbonyl (C=O) groups excluding carboxylic acids is 2. The Kier molecular flexibility index (Phi) is 6.53. The Hall–Kier alpha value is -1.94. The van der Waals surface area contributed by atoms with Gasteiger partial charge in [-0.15, -0.1) is 0 Å². The molecule has 3 nitrogen and oxygen atoms in total. The number of rotatable bonds is 3. The molecule has 0 spiro atoms. The molecule has 2 rings (SSSR count). The van der Waals surface area contributed by atoms with E-state index < -0.39 is 0 Å². The Morgan fingerprint density at radius 1 is 0.947 bits per heavy atom. The number of halogens is 1.